The summed E-state index contributed by atoms with van der Waals surface area (Å²) in [5.74, 6) is -2.75. The SMILES string of the molecule is Fc1cc(F)c(NC2CCOC2)c(F)c1. The van der Waals surface area contributed by atoms with Crippen LogP contribution < -0.4 is 5.32 Å². The highest BCUT2D eigenvalue weighted by Gasteiger charge is 2.19. The van der Waals surface area contributed by atoms with Crippen LogP contribution in [0.2, 0.25) is 0 Å². The van der Waals surface area contributed by atoms with Gasteiger partial charge in [-0.3, -0.25) is 0 Å². The van der Waals surface area contributed by atoms with Gasteiger partial charge in [0.1, 0.15) is 11.5 Å². The lowest BCUT2D eigenvalue weighted by molar-refractivity contribution is 0.195. The fourth-order valence-electron chi connectivity index (χ4n) is 1.53. The number of rotatable bonds is 2. The Kier molecular flexibility index (Phi) is 2.81. The summed E-state index contributed by atoms with van der Waals surface area (Å²) in [7, 11) is 0. The van der Waals surface area contributed by atoms with Gasteiger partial charge in [-0.05, 0) is 6.42 Å². The maximum Gasteiger partial charge on any atom is 0.152 e. The normalized spacial score (nSPS) is 20.6. The molecule has 0 bridgehead atoms. The van der Waals surface area contributed by atoms with Gasteiger partial charge >= 0.3 is 0 Å². The number of ether oxygens (including phenoxy) is 1. The van der Waals surface area contributed by atoms with Gasteiger partial charge in [-0.2, -0.15) is 0 Å². The molecule has 1 N–H and O–H groups in total. The van der Waals surface area contributed by atoms with Crippen molar-refractivity contribution in [2.45, 2.75) is 12.5 Å². The minimum Gasteiger partial charge on any atom is -0.379 e. The van der Waals surface area contributed by atoms with Crippen LogP contribution in [0.5, 0.6) is 0 Å². The molecule has 0 saturated carbocycles. The zero-order chi connectivity index (χ0) is 10.8. The van der Waals surface area contributed by atoms with Crippen molar-refractivity contribution in [3.8, 4) is 0 Å². The predicted molar refractivity (Wildman–Crippen MR) is 49.2 cm³/mol. The minimum absolute atomic E-state index is 0.112. The van der Waals surface area contributed by atoms with Crippen molar-refractivity contribution in [1.82, 2.24) is 0 Å². The Morgan fingerprint density at radius 1 is 1.20 bits per heavy atom. The third kappa shape index (κ3) is 2.23. The first-order valence-corrected chi connectivity index (χ1v) is 4.65. The molecular weight excluding hydrogens is 207 g/mol. The van der Waals surface area contributed by atoms with Gasteiger partial charge in [0.2, 0.25) is 0 Å². The Balaban J connectivity index is 2.19. The number of halogens is 3. The number of nitrogens with one attached hydrogen (secondary N) is 1. The molecule has 15 heavy (non-hydrogen) atoms. The van der Waals surface area contributed by atoms with E-state index in [2.05, 4.69) is 5.32 Å². The first kappa shape index (κ1) is 10.3. The highest BCUT2D eigenvalue weighted by atomic mass is 19.1. The molecule has 1 fully saturated rings. The lowest BCUT2D eigenvalue weighted by Crippen LogP contribution is -2.20. The Morgan fingerprint density at radius 3 is 2.40 bits per heavy atom. The molecule has 0 spiro atoms. The summed E-state index contributed by atoms with van der Waals surface area (Å²) in [5.41, 5.74) is -0.285. The Bertz CT molecular complexity index is 341. The topological polar surface area (TPSA) is 21.3 Å². The Labute approximate surface area is 85.0 Å². The molecule has 5 heteroatoms. The van der Waals surface area contributed by atoms with Gasteiger partial charge in [0.15, 0.2) is 11.6 Å². The highest BCUT2D eigenvalue weighted by Crippen LogP contribution is 2.22. The van der Waals surface area contributed by atoms with E-state index in [0.717, 1.165) is 0 Å². The maximum atomic E-state index is 13.2. The molecule has 1 aliphatic heterocycles. The molecule has 1 atom stereocenters. The van der Waals surface area contributed by atoms with Crippen LogP contribution in [0.4, 0.5) is 18.9 Å². The maximum absolute atomic E-state index is 13.2. The zero-order valence-electron chi connectivity index (χ0n) is 7.90. The second kappa shape index (κ2) is 4.10. The third-order valence-electron chi connectivity index (χ3n) is 2.29. The molecule has 1 heterocycles. The van der Waals surface area contributed by atoms with Crippen molar-refractivity contribution in [2.24, 2.45) is 0 Å². The largest absolute Gasteiger partial charge is 0.379 e. The van der Waals surface area contributed by atoms with Crippen molar-refractivity contribution < 1.29 is 17.9 Å². The first-order valence-electron chi connectivity index (χ1n) is 4.65. The molecule has 0 aliphatic carbocycles. The molecule has 0 aromatic heterocycles. The fourth-order valence-corrected chi connectivity index (χ4v) is 1.53. The van der Waals surface area contributed by atoms with Gasteiger partial charge in [0.25, 0.3) is 0 Å². The fraction of sp³-hybridized carbons (Fsp3) is 0.400. The van der Waals surface area contributed by atoms with E-state index in [1.54, 1.807) is 0 Å². The second-order valence-corrected chi connectivity index (χ2v) is 3.45. The molecule has 1 aromatic carbocycles. The lowest BCUT2D eigenvalue weighted by Gasteiger charge is -2.13. The van der Waals surface area contributed by atoms with E-state index < -0.39 is 17.5 Å². The van der Waals surface area contributed by atoms with Crippen LogP contribution in [0.3, 0.4) is 0 Å². The molecule has 2 rings (SSSR count). The smallest absolute Gasteiger partial charge is 0.152 e. The van der Waals surface area contributed by atoms with E-state index in [9.17, 15) is 13.2 Å². The van der Waals surface area contributed by atoms with E-state index >= 15 is 0 Å². The minimum atomic E-state index is -0.918. The molecule has 0 amide bonds. The van der Waals surface area contributed by atoms with Crippen LogP contribution in [0.15, 0.2) is 12.1 Å². The van der Waals surface area contributed by atoms with Crippen molar-refractivity contribution in [3.63, 3.8) is 0 Å². The predicted octanol–water partition coefficient (Wildman–Crippen LogP) is 2.30. The standard InChI is InChI=1S/C10H10F3NO/c11-6-3-8(12)10(9(13)4-6)14-7-1-2-15-5-7/h3-4,7,14H,1-2,5H2. The van der Waals surface area contributed by atoms with Gasteiger partial charge in [-0.1, -0.05) is 0 Å². The number of hydrogen-bond donors (Lipinski definition) is 1. The quantitative estimate of drug-likeness (QED) is 0.820. The first-order chi connectivity index (χ1) is 7.16. The summed E-state index contributed by atoms with van der Waals surface area (Å²) in [5, 5.41) is 2.66. The van der Waals surface area contributed by atoms with Crippen LogP contribution in [0.25, 0.3) is 0 Å². The van der Waals surface area contributed by atoms with E-state index in [1.165, 1.54) is 0 Å². The van der Waals surface area contributed by atoms with Crippen LogP contribution in [0.1, 0.15) is 6.42 Å². The monoisotopic (exact) mass is 217 g/mol. The van der Waals surface area contributed by atoms with Gasteiger partial charge in [-0.25, -0.2) is 13.2 Å². The Morgan fingerprint density at radius 2 is 1.87 bits per heavy atom. The third-order valence-corrected chi connectivity index (χ3v) is 2.29. The summed E-state index contributed by atoms with van der Waals surface area (Å²) in [6.45, 7) is 0.984. The summed E-state index contributed by atoms with van der Waals surface area (Å²) in [6.07, 6.45) is 0.691. The molecular formula is C10H10F3NO. The van der Waals surface area contributed by atoms with Gasteiger partial charge in [0.05, 0.1) is 12.6 Å². The van der Waals surface area contributed by atoms with Crippen LogP contribution in [0, 0.1) is 17.5 Å². The summed E-state index contributed by atoms with van der Waals surface area (Å²) in [6, 6.07) is 1.20. The summed E-state index contributed by atoms with van der Waals surface area (Å²) < 4.78 is 44.0. The van der Waals surface area contributed by atoms with Crippen LogP contribution >= 0.6 is 0 Å². The van der Waals surface area contributed by atoms with Gasteiger partial charge < -0.3 is 10.1 Å². The summed E-state index contributed by atoms with van der Waals surface area (Å²) in [4.78, 5) is 0. The van der Waals surface area contributed by atoms with Crippen molar-refractivity contribution in [3.05, 3.63) is 29.6 Å². The van der Waals surface area contributed by atoms with E-state index in [4.69, 9.17) is 4.74 Å². The highest BCUT2D eigenvalue weighted by molar-refractivity contribution is 5.47. The van der Waals surface area contributed by atoms with Gasteiger partial charge in [-0.15, -0.1) is 0 Å². The van der Waals surface area contributed by atoms with Crippen LogP contribution in [-0.4, -0.2) is 19.3 Å². The molecule has 0 radical (unpaired) electrons. The lowest BCUT2D eigenvalue weighted by atomic mass is 10.2. The Hall–Kier alpha value is -1.23. The zero-order valence-corrected chi connectivity index (χ0v) is 7.90. The second-order valence-electron chi connectivity index (χ2n) is 3.45. The molecule has 1 unspecified atom stereocenters. The van der Waals surface area contributed by atoms with E-state index in [-0.39, 0.29) is 11.7 Å². The molecule has 1 aliphatic rings. The summed E-state index contributed by atoms with van der Waals surface area (Å²) >= 11 is 0. The molecule has 2 nitrogen and oxygen atoms in total. The molecule has 82 valence electrons. The number of anilines is 1. The van der Waals surface area contributed by atoms with Crippen molar-refractivity contribution >= 4 is 5.69 Å². The van der Waals surface area contributed by atoms with Gasteiger partial charge in [0, 0.05) is 18.7 Å². The van der Waals surface area contributed by atoms with E-state index in [0.29, 0.717) is 31.8 Å². The van der Waals surface area contributed by atoms with E-state index in [1.807, 2.05) is 0 Å². The molecule has 1 aromatic rings. The average Bonchev–Trinajstić information content (AvgIpc) is 2.63. The van der Waals surface area contributed by atoms with Crippen LogP contribution in [-0.2, 0) is 4.74 Å². The number of benzene rings is 1. The van der Waals surface area contributed by atoms with Crippen molar-refractivity contribution in [2.75, 3.05) is 18.5 Å². The number of hydrogen-bond acceptors (Lipinski definition) is 2. The van der Waals surface area contributed by atoms with Crippen molar-refractivity contribution in [1.29, 1.82) is 0 Å². The molecule has 1 saturated heterocycles. The average molecular weight is 217 g/mol.